The molecule has 1 amide bonds. The molecule has 0 aliphatic heterocycles. The van der Waals surface area contributed by atoms with E-state index in [0.717, 1.165) is 11.3 Å². The van der Waals surface area contributed by atoms with E-state index in [1.165, 1.54) is 30.5 Å². The quantitative estimate of drug-likeness (QED) is 0.360. The number of nitrogens with zero attached hydrogens (tertiary/aromatic N) is 1. The number of carbonyl (C=O) groups excluding carboxylic acids is 1. The van der Waals surface area contributed by atoms with Crippen LogP contribution in [0.2, 0.25) is 0 Å². The number of hydrogen-bond donors (Lipinski definition) is 4. The Kier molecular flexibility index (Phi) is 8.51. The third kappa shape index (κ3) is 7.42. The lowest BCUT2D eigenvalue weighted by Gasteiger charge is -2.14. The largest absolute Gasteiger partial charge is 0.480 e. The van der Waals surface area contributed by atoms with Crippen molar-refractivity contribution in [3.63, 3.8) is 0 Å². The lowest BCUT2D eigenvalue weighted by Crippen LogP contribution is -2.40. The van der Waals surface area contributed by atoms with Crippen molar-refractivity contribution < 1.29 is 27.9 Å². The van der Waals surface area contributed by atoms with Crippen molar-refractivity contribution in [2.75, 3.05) is 30.3 Å². The van der Waals surface area contributed by atoms with Crippen molar-refractivity contribution >= 4 is 44.1 Å². The van der Waals surface area contributed by atoms with Crippen molar-refractivity contribution in [3.05, 3.63) is 35.8 Å². The van der Waals surface area contributed by atoms with E-state index < -0.39 is 27.9 Å². The van der Waals surface area contributed by atoms with Gasteiger partial charge < -0.3 is 20.5 Å². The highest BCUT2D eigenvalue weighted by molar-refractivity contribution is 7.93. The minimum atomic E-state index is -3.79. The zero-order valence-corrected chi connectivity index (χ0v) is 17.3. The van der Waals surface area contributed by atoms with E-state index in [1.807, 2.05) is 0 Å². The molecule has 0 fully saturated rings. The predicted octanol–water partition coefficient (Wildman–Crippen LogP) is 1.35. The van der Waals surface area contributed by atoms with Gasteiger partial charge in [-0.15, -0.1) is 11.3 Å². The molecule has 12 heteroatoms. The number of rotatable bonds is 12. The van der Waals surface area contributed by atoms with Crippen LogP contribution >= 0.6 is 11.3 Å². The molecule has 0 saturated carbocycles. The molecule has 2 rings (SSSR count). The molecule has 0 saturated heterocycles. The third-order valence-corrected chi connectivity index (χ3v) is 5.88. The molecule has 1 atom stereocenters. The van der Waals surface area contributed by atoms with Crippen molar-refractivity contribution in [2.45, 2.75) is 23.8 Å². The van der Waals surface area contributed by atoms with E-state index >= 15 is 0 Å². The number of thiazole rings is 1. The van der Waals surface area contributed by atoms with E-state index in [4.69, 9.17) is 4.74 Å². The van der Waals surface area contributed by atoms with Crippen molar-refractivity contribution in [2.24, 2.45) is 0 Å². The average molecular weight is 443 g/mol. The lowest BCUT2D eigenvalue weighted by atomic mass is 10.2. The number of hydrogen-bond acceptors (Lipinski definition) is 8. The van der Waals surface area contributed by atoms with E-state index in [2.05, 4.69) is 20.3 Å². The van der Waals surface area contributed by atoms with Crippen LogP contribution in [0.25, 0.3) is 0 Å². The zero-order chi connectivity index (χ0) is 21.3. The van der Waals surface area contributed by atoms with Crippen LogP contribution in [-0.4, -0.2) is 56.7 Å². The monoisotopic (exact) mass is 442 g/mol. The van der Waals surface area contributed by atoms with Crippen LogP contribution in [0.15, 0.2) is 40.7 Å². The van der Waals surface area contributed by atoms with Crippen molar-refractivity contribution in [3.8, 4) is 0 Å². The maximum absolute atomic E-state index is 12.3. The molecule has 4 N–H and O–H groups in total. The summed E-state index contributed by atoms with van der Waals surface area (Å²) in [5.74, 6) is -1.64. The van der Waals surface area contributed by atoms with Gasteiger partial charge in [-0.1, -0.05) is 0 Å². The second kappa shape index (κ2) is 10.9. The Morgan fingerprint density at radius 1 is 1.28 bits per heavy atom. The number of carboxylic acid groups (broad SMARTS) is 1. The summed E-state index contributed by atoms with van der Waals surface area (Å²) in [6, 6.07) is 4.49. The van der Waals surface area contributed by atoms with Crippen molar-refractivity contribution in [1.82, 2.24) is 10.3 Å². The van der Waals surface area contributed by atoms with E-state index in [9.17, 15) is 23.1 Å². The average Bonchev–Trinajstić information content (AvgIpc) is 3.16. The number of carboxylic acids is 1. The number of benzene rings is 1. The zero-order valence-electron chi connectivity index (χ0n) is 15.6. The molecule has 29 heavy (non-hydrogen) atoms. The van der Waals surface area contributed by atoms with Crippen LogP contribution in [0.1, 0.15) is 12.8 Å². The van der Waals surface area contributed by atoms with E-state index in [1.54, 1.807) is 12.5 Å². The first-order valence-corrected chi connectivity index (χ1v) is 11.0. The van der Waals surface area contributed by atoms with Gasteiger partial charge in [-0.3, -0.25) is 14.3 Å². The summed E-state index contributed by atoms with van der Waals surface area (Å²) in [4.78, 5) is 27.3. The molecule has 10 nitrogen and oxygen atoms in total. The highest BCUT2D eigenvalue weighted by Crippen LogP contribution is 2.19. The number of sulfonamides is 1. The first kappa shape index (κ1) is 22.7. The number of nitrogens with one attached hydrogen (secondary N) is 3. The van der Waals surface area contributed by atoms with Gasteiger partial charge in [0.25, 0.3) is 10.0 Å². The molecule has 1 aromatic carbocycles. The van der Waals surface area contributed by atoms with Gasteiger partial charge in [0.05, 0.1) is 11.3 Å². The normalized spacial score (nSPS) is 12.3. The molecule has 0 radical (unpaired) electrons. The van der Waals surface area contributed by atoms with Crippen LogP contribution in [0.4, 0.5) is 10.8 Å². The number of amides is 1. The second-order valence-corrected chi connectivity index (χ2v) is 8.49. The fourth-order valence-corrected chi connectivity index (χ4v) is 4.09. The molecule has 1 aromatic heterocycles. The van der Waals surface area contributed by atoms with Gasteiger partial charge >= 0.3 is 5.97 Å². The van der Waals surface area contributed by atoms with Crippen LogP contribution in [-0.2, 0) is 24.3 Å². The Hall–Kier alpha value is -2.54. The SMILES string of the molecule is COCCCN[C@H](CC(=O)Nc1ccc(S(=O)(=O)Nc2nccs2)cc1)C(=O)O. The molecule has 0 aliphatic rings. The fraction of sp³-hybridized carbons (Fsp3) is 0.353. The number of aliphatic carboxylic acids is 1. The summed E-state index contributed by atoms with van der Waals surface area (Å²) in [6.45, 7) is 0.884. The molecule has 158 valence electrons. The van der Waals surface area contributed by atoms with Gasteiger partial charge in [0.2, 0.25) is 5.91 Å². The molecule has 0 spiro atoms. The summed E-state index contributed by atoms with van der Waals surface area (Å²) < 4.78 is 31.8. The fourth-order valence-electron chi connectivity index (χ4n) is 2.30. The molecule has 0 aliphatic carbocycles. The number of ether oxygens (including phenoxy) is 1. The molecule has 0 unspecified atom stereocenters. The van der Waals surface area contributed by atoms with Crippen LogP contribution in [0, 0.1) is 0 Å². The maximum Gasteiger partial charge on any atom is 0.321 e. The van der Waals surface area contributed by atoms with Crippen LogP contribution in [0.5, 0.6) is 0 Å². The molecular formula is C17H22N4O6S2. The summed E-state index contributed by atoms with van der Waals surface area (Å²) in [7, 11) is -2.24. The van der Waals surface area contributed by atoms with Crippen LogP contribution in [0.3, 0.4) is 0 Å². The molecule has 2 aromatic rings. The van der Waals surface area contributed by atoms with Gasteiger partial charge in [-0.2, -0.15) is 0 Å². The van der Waals surface area contributed by atoms with Gasteiger partial charge in [-0.05, 0) is 37.2 Å². The Labute approximate surface area is 172 Å². The van der Waals surface area contributed by atoms with Gasteiger partial charge in [0, 0.05) is 31.0 Å². The second-order valence-electron chi connectivity index (χ2n) is 5.91. The number of carbonyl (C=O) groups is 2. The highest BCUT2D eigenvalue weighted by atomic mass is 32.2. The minimum absolute atomic E-state index is 0.00826. The third-order valence-electron chi connectivity index (χ3n) is 3.71. The standard InChI is InChI=1S/C17H22N4O6S2/c1-27-9-2-7-18-14(16(23)24)11-15(22)20-12-3-5-13(6-4-12)29(25,26)21-17-19-8-10-28-17/h3-6,8,10,14,18H,2,7,9,11H2,1H3,(H,19,21)(H,20,22)(H,23,24)/t14-/m1/s1. The van der Waals surface area contributed by atoms with Gasteiger partial charge in [-0.25, -0.2) is 13.4 Å². The number of methoxy groups -OCH3 is 1. The maximum atomic E-state index is 12.3. The summed E-state index contributed by atoms with van der Waals surface area (Å²) in [5.41, 5.74) is 0.353. The summed E-state index contributed by atoms with van der Waals surface area (Å²) >= 11 is 1.15. The lowest BCUT2D eigenvalue weighted by molar-refractivity contribution is -0.141. The van der Waals surface area contributed by atoms with Crippen LogP contribution < -0.4 is 15.4 Å². The smallest absolute Gasteiger partial charge is 0.321 e. The summed E-state index contributed by atoms with van der Waals surface area (Å²) in [6.07, 6.45) is 1.83. The highest BCUT2D eigenvalue weighted by Gasteiger charge is 2.21. The Morgan fingerprint density at radius 3 is 2.59 bits per heavy atom. The Bertz CT molecular complexity index is 901. The number of anilines is 2. The Balaban J connectivity index is 1.92. The van der Waals surface area contributed by atoms with E-state index in [0.29, 0.717) is 25.3 Å². The molecule has 0 bridgehead atoms. The van der Waals surface area contributed by atoms with Gasteiger partial charge in [0.1, 0.15) is 6.04 Å². The molecular weight excluding hydrogens is 420 g/mol. The molecule has 1 heterocycles. The number of aromatic nitrogens is 1. The predicted molar refractivity (Wildman–Crippen MR) is 109 cm³/mol. The minimum Gasteiger partial charge on any atom is -0.480 e. The first-order valence-electron chi connectivity index (χ1n) is 8.59. The first-order chi connectivity index (χ1) is 13.8. The van der Waals surface area contributed by atoms with E-state index in [-0.39, 0.29) is 16.4 Å². The van der Waals surface area contributed by atoms with Gasteiger partial charge in [0.15, 0.2) is 5.13 Å². The summed E-state index contributed by atoms with van der Waals surface area (Å²) in [5, 5.41) is 16.5. The van der Waals surface area contributed by atoms with Crippen molar-refractivity contribution in [1.29, 1.82) is 0 Å². The Morgan fingerprint density at radius 2 is 2.00 bits per heavy atom. The topological polar surface area (TPSA) is 147 Å².